The first-order valence-corrected chi connectivity index (χ1v) is 9.91. The minimum absolute atomic E-state index is 0.0489. The van der Waals surface area contributed by atoms with Crippen molar-refractivity contribution < 1.29 is 9.59 Å². The van der Waals surface area contributed by atoms with Gasteiger partial charge in [0.1, 0.15) is 5.82 Å². The SMILES string of the molecule is CC(=O)Nc1cccc(NC(=O)CN2CCC(c3nc4ccccc4[nH]3)CC2)c1. The van der Waals surface area contributed by atoms with Crippen LogP contribution in [0.15, 0.2) is 48.5 Å². The number of rotatable bonds is 5. The Balaban J connectivity index is 1.29. The summed E-state index contributed by atoms with van der Waals surface area (Å²) in [5.74, 6) is 1.26. The molecular weight excluding hydrogens is 366 g/mol. The number of aromatic amines is 1. The number of carbonyl (C=O) groups is 2. The van der Waals surface area contributed by atoms with Crippen LogP contribution in [0.2, 0.25) is 0 Å². The van der Waals surface area contributed by atoms with E-state index < -0.39 is 0 Å². The molecule has 1 aliphatic rings. The topological polar surface area (TPSA) is 90.1 Å². The third-order valence-corrected chi connectivity index (χ3v) is 5.22. The predicted molar refractivity (Wildman–Crippen MR) is 114 cm³/mol. The monoisotopic (exact) mass is 391 g/mol. The highest BCUT2D eigenvalue weighted by Gasteiger charge is 2.24. The number of para-hydroxylation sites is 2. The molecule has 0 radical (unpaired) electrons. The number of H-pyrrole nitrogens is 1. The van der Waals surface area contributed by atoms with Gasteiger partial charge in [-0.15, -0.1) is 0 Å². The lowest BCUT2D eigenvalue weighted by atomic mass is 9.96. The number of hydrogen-bond acceptors (Lipinski definition) is 4. The van der Waals surface area contributed by atoms with Gasteiger partial charge in [-0.2, -0.15) is 0 Å². The van der Waals surface area contributed by atoms with Crippen LogP contribution < -0.4 is 10.6 Å². The Morgan fingerprint density at radius 3 is 2.52 bits per heavy atom. The van der Waals surface area contributed by atoms with Gasteiger partial charge in [-0.3, -0.25) is 14.5 Å². The summed E-state index contributed by atoms with van der Waals surface area (Å²) in [6.07, 6.45) is 1.95. The summed E-state index contributed by atoms with van der Waals surface area (Å²) >= 11 is 0. The molecule has 0 spiro atoms. The fourth-order valence-electron chi connectivity index (χ4n) is 3.81. The molecule has 29 heavy (non-hydrogen) atoms. The zero-order chi connectivity index (χ0) is 20.2. The van der Waals surface area contributed by atoms with E-state index in [-0.39, 0.29) is 11.8 Å². The van der Waals surface area contributed by atoms with Gasteiger partial charge in [0.2, 0.25) is 11.8 Å². The van der Waals surface area contributed by atoms with Crippen molar-refractivity contribution in [2.24, 2.45) is 0 Å². The van der Waals surface area contributed by atoms with Crippen molar-refractivity contribution in [3.05, 3.63) is 54.4 Å². The van der Waals surface area contributed by atoms with Gasteiger partial charge in [0.05, 0.1) is 17.6 Å². The van der Waals surface area contributed by atoms with Gasteiger partial charge in [0.15, 0.2) is 0 Å². The first-order valence-electron chi connectivity index (χ1n) is 9.91. The maximum absolute atomic E-state index is 12.4. The summed E-state index contributed by atoms with van der Waals surface area (Å²) in [6, 6.07) is 15.3. The Bertz CT molecular complexity index is 988. The molecule has 2 amide bonds. The second-order valence-corrected chi connectivity index (χ2v) is 7.50. The van der Waals surface area contributed by atoms with Crippen molar-refractivity contribution in [2.45, 2.75) is 25.7 Å². The molecule has 7 heteroatoms. The molecule has 3 aromatic rings. The Labute approximate surface area is 169 Å². The van der Waals surface area contributed by atoms with E-state index >= 15 is 0 Å². The fourth-order valence-corrected chi connectivity index (χ4v) is 3.81. The van der Waals surface area contributed by atoms with E-state index in [0.717, 1.165) is 42.8 Å². The molecule has 1 saturated heterocycles. The number of likely N-dealkylation sites (tertiary alicyclic amines) is 1. The van der Waals surface area contributed by atoms with Gasteiger partial charge in [-0.25, -0.2) is 4.98 Å². The van der Waals surface area contributed by atoms with Gasteiger partial charge in [-0.1, -0.05) is 18.2 Å². The van der Waals surface area contributed by atoms with Crippen LogP contribution in [0.5, 0.6) is 0 Å². The predicted octanol–water partition coefficient (Wildman–Crippen LogP) is 3.34. The van der Waals surface area contributed by atoms with Crippen molar-refractivity contribution in [3.63, 3.8) is 0 Å². The van der Waals surface area contributed by atoms with Gasteiger partial charge in [0.25, 0.3) is 0 Å². The third kappa shape index (κ3) is 4.81. The number of nitrogens with zero attached hydrogens (tertiary/aromatic N) is 2. The van der Waals surface area contributed by atoms with Crippen LogP contribution >= 0.6 is 0 Å². The minimum atomic E-state index is -0.138. The van der Waals surface area contributed by atoms with Gasteiger partial charge in [0, 0.05) is 24.2 Å². The molecule has 3 N–H and O–H groups in total. The van der Waals surface area contributed by atoms with E-state index in [4.69, 9.17) is 4.98 Å². The molecule has 150 valence electrons. The molecule has 0 saturated carbocycles. The number of aromatic nitrogens is 2. The highest BCUT2D eigenvalue weighted by molar-refractivity contribution is 5.94. The minimum Gasteiger partial charge on any atom is -0.342 e. The van der Waals surface area contributed by atoms with Crippen molar-refractivity contribution >= 4 is 34.2 Å². The van der Waals surface area contributed by atoms with Crippen LogP contribution in [0.4, 0.5) is 11.4 Å². The molecule has 7 nitrogen and oxygen atoms in total. The largest absolute Gasteiger partial charge is 0.342 e. The Kier molecular flexibility index (Phi) is 5.57. The number of hydrogen-bond donors (Lipinski definition) is 3. The van der Waals surface area contributed by atoms with Gasteiger partial charge < -0.3 is 15.6 Å². The molecular formula is C22H25N5O2. The number of anilines is 2. The molecule has 2 aromatic carbocycles. The number of imidazole rings is 1. The number of fused-ring (bicyclic) bond motifs is 1. The molecule has 0 atom stereocenters. The van der Waals surface area contributed by atoms with Crippen molar-refractivity contribution in [3.8, 4) is 0 Å². The summed E-state index contributed by atoms with van der Waals surface area (Å²) in [7, 11) is 0. The quantitative estimate of drug-likeness (QED) is 0.622. The maximum atomic E-state index is 12.4. The summed E-state index contributed by atoms with van der Waals surface area (Å²) in [4.78, 5) is 33.9. The van der Waals surface area contributed by atoms with E-state index in [1.54, 1.807) is 18.2 Å². The average molecular weight is 391 g/mol. The van der Waals surface area contributed by atoms with Crippen molar-refractivity contribution in [2.75, 3.05) is 30.3 Å². The lowest BCUT2D eigenvalue weighted by Crippen LogP contribution is -2.38. The zero-order valence-corrected chi connectivity index (χ0v) is 16.4. The number of piperidine rings is 1. The number of amides is 2. The van der Waals surface area contributed by atoms with Crippen LogP contribution in [-0.2, 0) is 9.59 Å². The normalized spacial score (nSPS) is 15.3. The molecule has 1 aliphatic heterocycles. The highest BCUT2D eigenvalue weighted by atomic mass is 16.2. The molecule has 0 unspecified atom stereocenters. The third-order valence-electron chi connectivity index (χ3n) is 5.22. The van der Waals surface area contributed by atoms with E-state index in [2.05, 4.69) is 20.5 Å². The molecule has 0 bridgehead atoms. The van der Waals surface area contributed by atoms with E-state index in [1.165, 1.54) is 6.92 Å². The summed E-state index contributed by atoms with van der Waals surface area (Å²) in [6.45, 7) is 3.54. The van der Waals surface area contributed by atoms with Gasteiger partial charge >= 0.3 is 0 Å². The zero-order valence-electron chi connectivity index (χ0n) is 16.4. The molecule has 2 heterocycles. The smallest absolute Gasteiger partial charge is 0.238 e. The first kappa shape index (κ1) is 19.1. The summed E-state index contributed by atoms with van der Waals surface area (Å²) in [5.41, 5.74) is 3.43. The Morgan fingerprint density at radius 1 is 1.07 bits per heavy atom. The second kappa shape index (κ2) is 8.45. The van der Waals surface area contributed by atoms with Crippen molar-refractivity contribution in [1.82, 2.24) is 14.9 Å². The molecule has 1 fully saturated rings. The first-order chi connectivity index (χ1) is 14.1. The average Bonchev–Trinajstić information content (AvgIpc) is 3.12. The van der Waals surface area contributed by atoms with Crippen molar-refractivity contribution in [1.29, 1.82) is 0 Å². The van der Waals surface area contributed by atoms with Crippen LogP contribution in [0.25, 0.3) is 11.0 Å². The Hall–Kier alpha value is -3.19. The molecule has 1 aromatic heterocycles. The summed E-state index contributed by atoms with van der Waals surface area (Å²) < 4.78 is 0. The maximum Gasteiger partial charge on any atom is 0.238 e. The molecule has 4 rings (SSSR count). The molecule has 0 aliphatic carbocycles. The number of carbonyl (C=O) groups excluding carboxylic acids is 2. The number of benzene rings is 2. The lowest BCUT2D eigenvalue weighted by Gasteiger charge is -2.30. The fraction of sp³-hybridized carbons (Fsp3) is 0.318. The number of nitrogens with one attached hydrogen (secondary N) is 3. The van der Waals surface area contributed by atoms with Crippen LogP contribution in [0.3, 0.4) is 0 Å². The van der Waals surface area contributed by atoms with E-state index in [1.807, 2.05) is 30.3 Å². The van der Waals surface area contributed by atoms with Gasteiger partial charge in [-0.05, 0) is 56.3 Å². The van der Waals surface area contributed by atoms with Crippen LogP contribution in [0, 0.1) is 0 Å². The Morgan fingerprint density at radius 2 is 1.79 bits per heavy atom. The highest BCUT2D eigenvalue weighted by Crippen LogP contribution is 2.27. The van der Waals surface area contributed by atoms with Crippen LogP contribution in [-0.4, -0.2) is 46.3 Å². The second-order valence-electron chi connectivity index (χ2n) is 7.50. The summed E-state index contributed by atoms with van der Waals surface area (Å²) in [5, 5.41) is 5.63. The lowest BCUT2D eigenvalue weighted by molar-refractivity contribution is -0.117. The standard InChI is InChI=1S/C22H25N5O2/c1-15(28)23-17-5-4-6-18(13-17)24-21(29)14-27-11-9-16(10-12-27)22-25-19-7-2-3-8-20(19)26-22/h2-8,13,16H,9-12,14H2,1H3,(H,23,28)(H,24,29)(H,25,26). The van der Waals surface area contributed by atoms with Crippen LogP contribution in [0.1, 0.15) is 31.5 Å². The van der Waals surface area contributed by atoms with E-state index in [0.29, 0.717) is 23.8 Å². The van der Waals surface area contributed by atoms with E-state index in [9.17, 15) is 9.59 Å².